The Bertz CT molecular complexity index is 717. The number of fused-ring (bicyclic) bond motifs is 5. The van der Waals surface area contributed by atoms with Crippen LogP contribution < -0.4 is 0 Å². The second kappa shape index (κ2) is 7.15. The van der Waals surface area contributed by atoms with Gasteiger partial charge in [0.15, 0.2) is 5.78 Å². The lowest BCUT2D eigenvalue weighted by atomic mass is 9.78. The van der Waals surface area contributed by atoms with Gasteiger partial charge in [-0.1, -0.05) is 31.5 Å². The Balaban J connectivity index is 2.18. The van der Waals surface area contributed by atoms with Gasteiger partial charge < -0.3 is 5.11 Å². The number of carbonyl (C=O) groups excluding carboxylic acids is 2. The summed E-state index contributed by atoms with van der Waals surface area (Å²) >= 11 is 0. The Morgan fingerprint density at radius 1 is 1.00 bits per heavy atom. The van der Waals surface area contributed by atoms with Crippen molar-refractivity contribution in [3.63, 3.8) is 0 Å². The molecule has 1 saturated carbocycles. The fourth-order valence-electron chi connectivity index (χ4n) is 4.51. The Morgan fingerprint density at radius 3 is 2.20 bits per heavy atom. The standard InChI is InChI=1S/C22H28O3/c1-4-15-8-13(3)9-16(5-2)21(15)22-19(24)11-14-6-7-17(12-20(22)25)18(23)10-14/h8-9,14,17,25H,4-7,10-12H2,1-3H3/t14-,17-/m1/s1. The highest BCUT2D eigenvalue weighted by Gasteiger charge is 2.35. The average molecular weight is 340 g/mol. The van der Waals surface area contributed by atoms with E-state index >= 15 is 0 Å². The zero-order chi connectivity index (χ0) is 18.1. The SMILES string of the molecule is CCc1cc(C)cc(CC)c1C1=C(O)C[C@H]2CC[C@@H](CC1=O)CC2=O. The number of aliphatic hydroxyl groups excluding tert-OH is 1. The first-order chi connectivity index (χ1) is 11.9. The third-order valence-corrected chi connectivity index (χ3v) is 5.81. The number of ketones is 2. The van der Waals surface area contributed by atoms with Gasteiger partial charge in [-0.2, -0.15) is 0 Å². The Kier molecular flexibility index (Phi) is 5.12. The molecule has 1 aromatic carbocycles. The molecule has 3 heteroatoms. The molecule has 1 fully saturated rings. The summed E-state index contributed by atoms with van der Waals surface area (Å²) < 4.78 is 0. The largest absolute Gasteiger partial charge is 0.512 e. The van der Waals surface area contributed by atoms with Gasteiger partial charge in [-0.05, 0) is 55.2 Å². The zero-order valence-electron chi connectivity index (χ0n) is 15.5. The number of benzene rings is 1. The number of rotatable bonds is 3. The molecule has 134 valence electrons. The molecule has 0 saturated heterocycles. The van der Waals surface area contributed by atoms with Crippen molar-refractivity contribution in [2.45, 2.75) is 65.7 Å². The van der Waals surface area contributed by atoms with E-state index in [1.165, 1.54) is 5.56 Å². The molecule has 3 aliphatic carbocycles. The van der Waals surface area contributed by atoms with E-state index in [-0.39, 0.29) is 29.2 Å². The molecular weight excluding hydrogens is 312 g/mol. The molecule has 1 aromatic rings. The summed E-state index contributed by atoms with van der Waals surface area (Å²) in [6.07, 6.45) is 4.53. The summed E-state index contributed by atoms with van der Waals surface area (Å²) in [4.78, 5) is 25.4. The van der Waals surface area contributed by atoms with E-state index < -0.39 is 0 Å². The van der Waals surface area contributed by atoms with Crippen molar-refractivity contribution in [3.05, 3.63) is 40.1 Å². The van der Waals surface area contributed by atoms with E-state index in [0.29, 0.717) is 24.8 Å². The maximum absolute atomic E-state index is 13.1. The fraction of sp³-hybridized carbons (Fsp3) is 0.545. The van der Waals surface area contributed by atoms with Crippen LogP contribution in [0.3, 0.4) is 0 Å². The minimum Gasteiger partial charge on any atom is -0.512 e. The van der Waals surface area contributed by atoms with E-state index in [0.717, 1.165) is 42.4 Å². The molecular formula is C22H28O3. The molecule has 0 spiro atoms. The lowest BCUT2D eigenvalue weighted by Gasteiger charge is -2.25. The minimum absolute atomic E-state index is 0.00565. The highest BCUT2D eigenvalue weighted by molar-refractivity contribution is 6.22. The maximum atomic E-state index is 13.1. The second-order valence-electron chi connectivity index (χ2n) is 7.63. The van der Waals surface area contributed by atoms with Crippen LogP contribution in [0, 0.1) is 18.8 Å². The van der Waals surface area contributed by atoms with Gasteiger partial charge in [-0.15, -0.1) is 0 Å². The fourth-order valence-corrected chi connectivity index (χ4v) is 4.51. The summed E-state index contributed by atoms with van der Waals surface area (Å²) in [6, 6.07) is 4.24. The average Bonchev–Trinajstić information content (AvgIpc) is 2.65. The summed E-state index contributed by atoms with van der Waals surface area (Å²) in [5, 5.41) is 10.9. The van der Waals surface area contributed by atoms with E-state index in [9.17, 15) is 14.7 Å². The molecule has 25 heavy (non-hydrogen) atoms. The number of hydrogen-bond donors (Lipinski definition) is 1. The summed E-state index contributed by atoms with van der Waals surface area (Å²) in [7, 11) is 0. The van der Waals surface area contributed by atoms with Crippen molar-refractivity contribution in [1.82, 2.24) is 0 Å². The molecule has 0 aromatic heterocycles. The van der Waals surface area contributed by atoms with Crippen molar-refractivity contribution < 1.29 is 14.7 Å². The molecule has 0 amide bonds. The van der Waals surface area contributed by atoms with Crippen LogP contribution in [-0.2, 0) is 22.4 Å². The number of aliphatic hydroxyl groups is 1. The van der Waals surface area contributed by atoms with Crippen LogP contribution in [0.2, 0.25) is 0 Å². The van der Waals surface area contributed by atoms with Gasteiger partial charge in [0.1, 0.15) is 11.5 Å². The summed E-state index contributed by atoms with van der Waals surface area (Å²) in [5.41, 5.74) is 4.82. The van der Waals surface area contributed by atoms with E-state index in [1.54, 1.807) is 0 Å². The van der Waals surface area contributed by atoms with E-state index in [2.05, 4.69) is 32.9 Å². The van der Waals surface area contributed by atoms with Crippen molar-refractivity contribution in [3.8, 4) is 0 Å². The first-order valence-corrected chi connectivity index (χ1v) is 9.55. The monoisotopic (exact) mass is 340 g/mol. The summed E-state index contributed by atoms with van der Waals surface area (Å²) in [5.74, 6) is 0.355. The van der Waals surface area contributed by atoms with Gasteiger partial charge in [-0.3, -0.25) is 9.59 Å². The number of carbonyl (C=O) groups is 2. The Hall–Kier alpha value is -1.90. The second-order valence-corrected chi connectivity index (χ2v) is 7.63. The minimum atomic E-state index is -0.127. The molecule has 0 unspecified atom stereocenters. The Labute approximate surface area is 150 Å². The van der Waals surface area contributed by atoms with Crippen LogP contribution in [0.4, 0.5) is 0 Å². The molecule has 3 aliphatic rings. The molecule has 0 heterocycles. The van der Waals surface area contributed by atoms with Gasteiger partial charge in [0, 0.05) is 25.2 Å². The van der Waals surface area contributed by atoms with Crippen LogP contribution in [0.25, 0.3) is 5.57 Å². The van der Waals surface area contributed by atoms with Gasteiger partial charge in [0.2, 0.25) is 0 Å². The van der Waals surface area contributed by atoms with Crippen molar-refractivity contribution in [2.24, 2.45) is 11.8 Å². The molecule has 1 N–H and O–H groups in total. The van der Waals surface area contributed by atoms with Crippen LogP contribution in [0.5, 0.6) is 0 Å². The lowest BCUT2D eigenvalue weighted by Crippen LogP contribution is -2.25. The predicted octanol–water partition coefficient (Wildman–Crippen LogP) is 4.74. The molecule has 2 atom stereocenters. The summed E-state index contributed by atoms with van der Waals surface area (Å²) in [6.45, 7) is 6.24. The Morgan fingerprint density at radius 2 is 1.64 bits per heavy atom. The van der Waals surface area contributed by atoms with E-state index in [4.69, 9.17) is 0 Å². The zero-order valence-corrected chi connectivity index (χ0v) is 15.5. The highest BCUT2D eigenvalue weighted by atomic mass is 16.3. The van der Waals surface area contributed by atoms with Crippen molar-refractivity contribution in [2.75, 3.05) is 0 Å². The lowest BCUT2D eigenvalue weighted by molar-refractivity contribution is -0.126. The van der Waals surface area contributed by atoms with Crippen LogP contribution in [0.15, 0.2) is 17.9 Å². The first kappa shape index (κ1) is 17.9. The van der Waals surface area contributed by atoms with Gasteiger partial charge in [-0.25, -0.2) is 0 Å². The maximum Gasteiger partial charge on any atom is 0.167 e. The van der Waals surface area contributed by atoms with Crippen LogP contribution in [-0.4, -0.2) is 16.7 Å². The first-order valence-electron chi connectivity index (χ1n) is 9.55. The number of Topliss-reactive ketones (excluding diaryl/α,β-unsaturated/α-hetero) is 2. The topological polar surface area (TPSA) is 54.4 Å². The molecule has 0 radical (unpaired) electrons. The molecule has 3 nitrogen and oxygen atoms in total. The van der Waals surface area contributed by atoms with Gasteiger partial charge in [0.25, 0.3) is 0 Å². The molecule has 2 bridgehead atoms. The quantitative estimate of drug-likeness (QED) is 0.865. The van der Waals surface area contributed by atoms with Gasteiger partial charge >= 0.3 is 0 Å². The smallest absolute Gasteiger partial charge is 0.167 e. The third-order valence-electron chi connectivity index (χ3n) is 5.81. The van der Waals surface area contributed by atoms with Crippen LogP contribution in [0.1, 0.15) is 68.2 Å². The van der Waals surface area contributed by atoms with Crippen molar-refractivity contribution in [1.29, 1.82) is 0 Å². The number of hydrogen-bond acceptors (Lipinski definition) is 3. The predicted molar refractivity (Wildman–Crippen MR) is 99.6 cm³/mol. The molecule has 0 aliphatic heterocycles. The highest BCUT2D eigenvalue weighted by Crippen LogP contribution is 2.39. The number of aryl methyl sites for hydroxylation is 3. The van der Waals surface area contributed by atoms with Crippen molar-refractivity contribution >= 4 is 17.1 Å². The third kappa shape index (κ3) is 3.42. The van der Waals surface area contributed by atoms with E-state index in [1.807, 2.05) is 0 Å². The van der Waals surface area contributed by atoms with Gasteiger partial charge in [0.05, 0.1) is 5.57 Å². The van der Waals surface area contributed by atoms with Crippen LogP contribution >= 0.6 is 0 Å². The number of allylic oxidation sites excluding steroid dienone is 2. The molecule has 4 rings (SSSR count). The normalized spacial score (nSPS) is 24.3.